The van der Waals surface area contributed by atoms with Crippen LogP contribution in [-0.4, -0.2) is 41.2 Å². The van der Waals surface area contributed by atoms with E-state index >= 15 is 0 Å². The Morgan fingerprint density at radius 1 is 1.14 bits per heavy atom. The van der Waals surface area contributed by atoms with Crippen LogP contribution in [0.3, 0.4) is 0 Å². The van der Waals surface area contributed by atoms with Crippen LogP contribution in [-0.2, 0) is 13.1 Å². The second-order valence-corrected chi connectivity index (χ2v) is 5.47. The van der Waals surface area contributed by atoms with Crippen molar-refractivity contribution in [2.75, 3.05) is 6.54 Å². The summed E-state index contributed by atoms with van der Waals surface area (Å²) in [6.45, 7) is 4.87. The Hall–Kier alpha value is -2.54. The van der Waals surface area contributed by atoms with E-state index in [2.05, 4.69) is 36.9 Å². The summed E-state index contributed by atoms with van der Waals surface area (Å²) in [5.74, 6) is 1.95. The minimum Gasteiger partial charge on any atom is -0.333 e. The number of benzene rings is 1. The second kappa shape index (κ2) is 5.34. The maximum absolute atomic E-state index is 4.41. The third kappa shape index (κ3) is 2.19. The van der Waals surface area contributed by atoms with E-state index in [1.165, 1.54) is 0 Å². The molecule has 1 aliphatic heterocycles. The molecule has 0 spiro atoms. The Bertz CT molecular complexity index is 761. The molecule has 2 aromatic heterocycles. The van der Waals surface area contributed by atoms with Gasteiger partial charge in [-0.2, -0.15) is 4.68 Å². The first-order chi connectivity index (χ1) is 10.8. The Kier molecular flexibility index (Phi) is 3.19. The van der Waals surface area contributed by atoms with Crippen LogP contribution in [0, 0.1) is 0 Å². The van der Waals surface area contributed by atoms with Crippen LogP contribution in [0.1, 0.15) is 24.6 Å². The second-order valence-electron chi connectivity index (χ2n) is 5.47. The third-order valence-electron chi connectivity index (χ3n) is 4.19. The molecule has 22 heavy (non-hydrogen) atoms. The maximum atomic E-state index is 4.41. The molecule has 7 nitrogen and oxygen atoms in total. The summed E-state index contributed by atoms with van der Waals surface area (Å²) in [5.41, 5.74) is 0.979. The highest BCUT2D eigenvalue weighted by Crippen LogP contribution is 2.24. The van der Waals surface area contributed by atoms with E-state index < -0.39 is 0 Å². The Balaban J connectivity index is 1.62. The fourth-order valence-electron chi connectivity index (χ4n) is 2.89. The van der Waals surface area contributed by atoms with Crippen LogP contribution in [0.2, 0.25) is 0 Å². The normalized spacial score (nSPS) is 16.4. The molecule has 0 aliphatic carbocycles. The quantitative estimate of drug-likeness (QED) is 0.731. The summed E-state index contributed by atoms with van der Waals surface area (Å²) in [4.78, 5) is 6.77. The smallest absolute Gasteiger partial charge is 0.173 e. The number of tetrazole rings is 1. The number of hydrogen-bond donors (Lipinski definition) is 0. The van der Waals surface area contributed by atoms with Crippen molar-refractivity contribution in [2.24, 2.45) is 0 Å². The molecule has 1 aromatic carbocycles. The lowest BCUT2D eigenvalue weighted by molar-refractivity contribution is 0.156. The molecule has 0 radical (unpaired) electrons. The van der Waals surface area contributed by atoms with E-state index in [4.69, 9.17) is 0 Å². The van der Waals surface area contributed by atoms with Crippen molar-refractivity contribution in [3.05, 3.63) is 54.4 Å². The first-order valence-corrected chi connectivity index (χ1v) is 7.40. The summed E-state index contributed by atoms with van der Waals surface area (Å²) < 4.78 is 4.01. The van der Waals surface area contributed by atoms with Gasteiger partial charge in [-0.3, -0.25) is 4.90 Å². The number of aromatic nitrogens is 6. The monoisotopic (exact) mass is 295 g/mol. The van der Waals surface area contributed by atoms with E-state index in [-0.39, 0.29) is 6.04 Å². The number of nitrogens with zero attached hydrogens (tertiary/aromatic N) is 7. The predicted octanol–water partition coefficient (Wildman–Crippen LogP) is 1.44. The van der Waals surface area contributed by atoms with Crippen molar-refractivity contribution >= 4 is 0 Å². The maximum Gasteiger partial charge on any atom is 0.173 e. The number of para-hydroxylation sites is 1. The van der Waals surface area contributed by atoms with Gasteiger partial charge in [-0.15, -0.1) is 5.10 Å². The molecule has 0 amide bonds. The summed E-state index contributed by atoms with van der Waals surface area (Å²) >= 11 is 0. The van der Waals surface area contributed by atoms with Gasteiger partial charge in [0, 0.05) is 25.5 Å². The van der Waals surface area contributed by atoms with Crippen molar-refractivity contribution < 1.29 is 0 Å². The highest BCUT2D eigenvalue weighted by atomic mass is 15.6. The van der Waals surface area contributed by atoms with Crippen LogP contribution >= 0.6 is 0 Å². The molecule has 0 unspecified atom stereocenters. The van der Waals surface area contributed by atoms with Crippen LogP contribution < -0.4 is 0 Å². The zero-order chi connectivity index (χ0) is 14.9. The summed E-state index contributed by atoms with van der Waals surface area (Å²) in [6, 6.07) is 10.1. The summed E-state index contributed by atoms with van der Waals surface area (Å²) in [7, 11) is 0. The highest BCUT2D eigenvalue weighted by Gasteiger charge is 2.26. The third-order valence-corrected chi connectivity index (χ3v) is 4.19. The van der Waals surface area contributed by atoms with Gasteiger partial charge in [-0.05, 0) is 29.5 Å². The van der Waals surface area contributed by atoms with Crippen molar-refractivity contribution in [1.29, 1.82) is 0 Å². The van der Waals surface area contributed by atoms with Gasteiger partial charge in [0.25, 0.3) is 0 Å². The van der Waals surface area contributed by atoms with E-state index in [0.717, 1.165) is 37.0 Å². The fraction of sp³-hybridized carbons (Fsp3) is 0.333. The van der Waals surface area contributed by atoms with Gasteiger partial charge in [-0.1, -0.05) is 18.2 Å². The fourth-order valence-corrected chi connectivity index (χ4v) is 2.89. The van der Waals surface area contributed by atoms with Gasteiger partial charge in [0.2, 0.25) is 0 Å². The van der Waals surface area contributed by atoms with Crippen molar-refractivity contribution in [3.8, 4) is 5.69 Å². The molecule has 0 saturated carbocycles. The Morgan fingerprint density at radius 3 is 2.86 bits per heavy atom. The van der Waals surface area contributed by atoms with E-state index in [1.807, 2.05) is 47.4 Å². The highest BCUT2D eigenvalue weighted by molar-refractivity contribution is 5.30. The van der Waals surface area contributed by atoms with Gasteiger partial charge in [-0.25, -0.2) is 4.98 Å². The standard InChI is InChI=1S/C15H17N7/c1-12(21-10-9-20-8-7-16-14(20)11-21)15-17-18-19-22(15)13-5-3-2-4-6-13/h2-8,12H,9-11H2,1H3/t12-/m0/s1. The molecule has 3 aromatic rings. The largest absolute Gasteiger partial charge is 0.333 e. The van der Waals surface area contributed by atoms with Crippen LogP contribution in [0.15, 0.2) is 42.7 Å². The molecular formula is C15H17N7. The van der Waals surface area contributed by atoms with Crippen molar-refractivity contribution in [1.82, 2.24) is 34.7 Å². The summed E-state index contributed by atoms with van der Waals surface area (Å²) in [5, 5.41) is 12.3. The minimum atomic E-state index is 0.126. The first kappa shape index (κ1) is 13.1. The number of fused-ring (bicyclic) bond motifs is 1. The van der Waals surface area contributed by atoms with E-state index in [9.17, 15) is 0 Å². The average molecular weight is 295 g/mol. The topological polar surface area (TPSA) is 64.7 Å². The molecule has 0 saturated heterocycles. The lowest BCUT2D eigenvalue weighted by Crippen LogP contribution is -2.36. The van der Waals surface area contributed by atoms with Crippen LogP contribution in [0.5, 0.6) is 0 Å². The molecule has 1 atom stereocenters. The lowest BCUT2D eigenvalue weighted by atomic mass is 10.2. The van der Waals surface area contributed by atoms with Crippen molar-refractivity contribution in [2.45, 2.75) is 26.1 Å². The predicted molar refractivity (Wildman–Crippen MR) is 80.2 cm³/mol. The first-order valence-electron chi connectivity index (χ1n) is 7.40. The zero-order valence-electron chi connectivity index (χ0n) is 12.4. The molecule has 0 bridgehead atoms. The molecule has 0 fully saturated rings. The Labute approximate surface area is 128 Å². The molecule has 4 rings (SSSR count). The number of rotatable bonds is 3. The molecule has 0 N–H and O–H groups in total. The van der Waals surface area contributed by atoms with Gasteiger partial charge in [0.05, 0.1) is 18.3 Å². The molecule has 3 heterocycles. The lowest BCUT2D eigenvalue weighted by Gasteiger charge is -2.31. The summed E-state index contributed by atoms with van der Waals surface area (Å²) in [6.07, 6.45) is 3.89. The molecule has 112 valence electrons. The SMILES string of the molecule is C[C@@H](c1nnnn1-c1ccccc1)N1CCn2ccnc2C1. The molecule has 7 heteroatoms. The minimum absolute atomic E-state index is 0.126. The zero-order valence-corrected chi connectivity index (χ0v) is 12.4. The number of hydrogen-bond acceptors (Lipinski definition) is 5. The van der Waals surface area contributed by atoms with Gasteiger partial charge in [0.15, 0.2) is 5.82 Å². The molecule has 1 aliphatic rings. The van der Waals surface area contributed by atoms with E-state index in [0.29, 0.717) is 0 Å². The van der Waals surface area contributed by atoms with Gasteiger partial charge < -0.3 is 4.57 Å². The number of imidazole rings is 1. The average Bonchev–Trinajstić information content (AvgIpc) is 3.23. The Morgan fingerprint density at radius 2 is 2.00 bits per heavy atom. The van der Waals surface area contributed by atoms with Crippen LogP contribution in [0.25, 0.3) is 5.69 Å². The van der Waals surface area contributed by atoms with Gasteiger partial charge >= 0.3 is 0 Å². The van der Waals surface area contributed by atoms with Gasteiger partial charge in [0.1, 0.15) is 5.82 Å². The van der Waals surface area contributed by atoms with Crippen molar-refractivity contribution in [3.63, 3.8) is 0 Å². The van der Waals surface area contributed by atoms with Crippen LogP contribution in [0.4, 0.5) is 0 Å². The van der Waals surface area contributed by atoms with E-state index in [1.54, 1.807) is 0 Å². The molecular weight excluding hydrogens is 278 g/mol.